The van der Waals surface area contributed by atoms with Crippen molar-refractivity contribution in [1.29, 1.82) is 0 Å². The highest BCUT2D eigenvalue weighted by Crippen LogP contribution is 2.33. The molecule has 0 atom stereocenters. The number of hydrogen-bond acceptors (Lipinski definition) is 17. The van der Waals surface area contributed by atoms with Gasteiger partial charge in [-0.25, -0.2) is 9.36 Å². The normalized spacial score (nSPS) is 11.7. The van der Waals surface area contributed by atoms with Crippen LogP contribution in [0.3, 0.4) is 0 Å². The molecule has 5 aromatic heterocycles. The average molecular weight is 617 g/mol. The monoisotopic (exact) mass is 616 g/mol. The Labute approximate surface area is 251 Å². The van der Waals surface area contributed by atoms with Crippen LogP contribution in [-0.2, 0) is 18.9 Å². The Bertz CT molecular complexity index is 2050. The zero-order valence-corrected chi connectivity index (χ0v) is 24.1. The summed E-state index contributed by atoms with van der Waals surface area (Å²) in [5.74, 6) is -2.03. The van der Waals surface area contributed by atoms with E-state index in [4.69, 9.17) is 11.5 Å². The number of aromatic hydroxyl groups is 1. The molecular weight excluding hydrogens is 592 g/mol. The van der Waals surface area contributed by atoms with E-state index in [1.807, 2.05) is 0 Å². The van der Waals surface area contributed by atoms with E-state index in [-0.39, 0.29) is 63.8 Å². The Morgan fingerprint density at radius 2 is 1.40 bits per heavy atom. The second kappa shape index (κ2) is 11.6. The first kappa shape index (κ1) is 30.0. The number of aldehydes is 1. The number of aliphatic hydroxyl groups is 1. The maximum absolute atomic E-state index is 12.0. The van der Waals surface area contributed by atoms with Crippen molar-refractivity contribution in [3.63, 3.8) is 0 Å². The van der Waals surface area contributed by atoms with Gasteiger partial charge in [0.25, 0.3) is 5.95 Å². The van der Waals surface area contributed by atoms with Crippen LogP contribution < -0.4 is 11.5 Å². The predicted molar refractivity (Wildman–Crippen MR) is 153 cm³/mol. The number of anilines is 2. The molecular formula is C24H24N16O5. The third kappa shape index (κ3) is 5.40. The minimum Gasteiger partial charge on any atom is -0.493 e. The number of rotatable bonds is 10. The number of nitrogens with two attached hydrogens (primary N) is 2. The van der Waals surface area contributed by atoms with Crippen LogP contribution in [0.1, 0.15) is 32.1 Å². The van der Waals surface area contributed by atoms with Gasteiger partial charge in [-0.3, -0.25) is 14.4 Å². The topological polar surface area (TPSA) is 290 Å². The summed E-state index contributed by atoms with van der Waals surface area (Å²) in [5.41, 5.74) is 13.5. The third-order valence-corrected chi connectivity index (χ3v) is 6.34. The number of aliphatic hydroxyl groups excluding tert-OH is 1. The first-order chi connectivity index (χ1) is 21.4. The second-order valence-corrected chi connectivity index (χ2v) is 9.32. The molecule has 230 valence electrons. The van der Waals surface area contributed by atoms with Gasteiger partial charge in [-0.2, -0.15) is 39.7 Å². The van der Waals surface area contributed by atoms with Gasteiger partial charge in [-0.1, -0.05) is 0 Å². The number of azo groups is 2. The third-order valence-electron chi connectivity index (χ3n) is 6.34. The second-order valence-electron chi connectivity index (χ2n) is 9.32. The summed E-state index contributed by atoms with van der Waals surface area (Å²) in [5, 5.41) is 52.6. The summed E-state index contributed by atoms with van der Waals surface area (Å²) in [7, 11) is 3.06. The number of nitrogens with zero attached hydrogens (tertiary/aromatic N) is 14. The summed E-state index contributed by atoms with van der Waals surface area (Å²) in [4.78, 5) is 43.3. The number of nitrogen functional groups attached to an aromatic ring is 2. The predicted octanol–water partition coefficient (Wildman–Crippen LogP) is 1.19. The quantitative estimate of drug-likeness (QED) is 0.0742. The fraction of sp³-hybridized carbons (Fsp3) is 0.208. The van der Waals surface area contributed by atoms with Crippen LogP contribution in [0.2, 0.25) is 0 Å². The van der Waals surface area contributed by atoms with Gasteiger partial charge < -0.3 is 21.7 Å². The fourth-order valence-electron chi connectivity index (χ4n) is 4.07. The van der Waals surface area contributed by atoms with Crippen molar-refractivity contribution in [2.75, 3.05) is 18.1 Å². The van der Waals surface area contributed by atoms with E-state index in [0.717, 1.165) is 4.68 Å². The van der Waals surface area contributed by atoms with Gasteiger partial charge in [-0.15, -0.1) is 20.5 Å². The van der Waals surface area contributed by atoms with Gasteiger partial charge in [0.2, 0.25) is 11.7 Å². The van der Waals surface area contributed by atoms with Gasteiger partial charge in [0.05, 0.1) is 34.9 Å². The van der Waals surface area contributed by atoms with Gasteiger partial charge in [-0.05, 0) is 13.8 Å². The van der Waals surface area contributed by atoms with Crippen molar-refractivity contribution in [3.05, 3.63) is 41.0 Å². The van der Waals surface area contributed by atoms with Crippen LogP contribution in [0.25, 0.3) is 11.8 Å². The Morgan fingerprint density at radius 1 is 0.867 bits per heavy atom. The molecule has 0 aliphatic heterocycles. The van der Waals surface area contributed by atoms with E-state index < -0.39 is 24.1 Å². The molecule has 0 saturated carbocycles. The molecule has 0 fully saturated rings. The molecule has 0 radical (unpaired) electrons. The first-order valence-corrected chi connectivity index (χ1v) is 12.7. The fourth-order valence-corrected chi connectivity index (χ4v) is 4.07. The Kier molecular flexibility index (Phi) is 7.75. The van der Waals surface area contributed by atoms with Crippen molar-refractivity contribution in [3.8, 4) is 17.6 Å². The maximum atomic E-state index is 12.0. The molecule has 5 heterocycles. The van der Waals surface area contributed by atoms with E-state index in [2.05, 4.69) is 50.8 Å². The lowest BCUT2D eigenvalue weighted by atomic mass is 10.2. The van der Waals surface area contributed by atoms with Gasteiger partial charge in [0.15, 0.2) is 52.5 Å². The summed E-state index contributed by atoms with van der Waals surface area (Å²) in [6.45, 7) is 2.46. The number of carbonyl (C=O) groups excluding carboxylic acids is 3. The highest BCUT2D eigenvalue weighted by atomic mass is 16.3. The molecule has 5 aromatic rings. The molecule has 21 heteroatoms. The summed E-state index contributed by atoms with van der Waals surface area (Å²) >= 11 is 0. The molecule has 0 aliphatic rings. The van der Waals surface area contributed by atoms with Crippen LogP contribution in [0.4, 0.5) is 34.6 Å². The summed E-state index contributed by atoms with van der Waals surface area (Å²) in [6.07, 6.45) is 2.59. The average Bonchev–Trinajstić information content (AvgIpc) is 3.73. The van der Waals surface area contributed by atoms with Gasteiger partial charge in [0, 0.05) is 20.2 Å². The number of ketones is 2. The number of carbonyl (C=O) groups is 3. The number of Topliss-reactive ketones (excluding diaryl/α,β-unsaturated/α-hetero) is 2. The number of hydrogen-bond donors (Lipinski definition) is 4. The molecule has 21 nitrogen and oxygen atoms in total. The van der Waals surface area contributed by atoms with Crippen molar-refractivity contribution in [1.82, 2.24) is 49.1 Å². The van der Waals surface area contributed by atoms with Crippen LogP contribution >= 0.6 is 0 Å². The van der Waals surface area contributed by atoms with Crippen LogP contribution in [0, 0.1) is 13.8 Å². The van der Waals surface area contributed by atoms with E-state index in [1.165, 1.54) is 39.6 Å². The molecule has 45 heavy (non-hydrogen) atoms. The lowest BCUT2D eigenvalue weighted by Crippen LogP contribution is -2.11. The molecule has 0 aliphatic carbocycles. The number of aromatic nitrogens is 10. The van der Waals surface area contributed by atoms with Gasteiger partial charge in [0.1, 0.15) is 6.61 Å². The zero-order chi connectivity index (χ0) is 32.6. The standard InChI is InChI=1S/C24H24N16O5/c1-10-18(31-33-22-12(14(43)8-41)6-27-37(22)3)20(25)39(35-10)16-5-17(45)30-24(29-16)40-21(26)19(11(2)36-40)32-34-23-13(15(44)9-42)7-28-38(23)4/h5-7,9,41H,8,25-26H2,1-4H3,(H,29,30,45)/b33-31+,34-32+. The van der Waals surface area contributed by atoms with Crippen molar-refractivity contribution < 1.29 is 24.6 Å². The molecule has 0 unspecified atom stereocenters. The highest BCUT2D eigenvalue weighted by Gasteiger charge is 2.22. The molecule has 6 N–H and O–H groups in total. The van der Waals surface area contributed by atoms with Crippen LogP contribution in [0.15, 0.2) is 38.9 Å². The highest BCUT2D eigenvalue weighted by molar-refractivity contribution is 6.34. The molecule has 0 bridgehead atoms. The van der Waals surface area contributed by atoms with E-state index in [9.17, 15) is 24.6 Å². The maximum Gasteiger partial charge on any atom is 0.257 e. The van der Waals surface area contributed by atoms with Crippen LogP contribution in [0.5, 0.6) is 5.88 Å². The Balaban J connectivity index is 1.50. The largest absolute Gasteiger partial charge is 0.493 e. The minimum absolute atomic E-state index is 0.0128. The Hall–Kier alpha value is -6.51. The molecule has 0 amide bonds. The van der Waals surface area contributed by atoms with E-state index >= 15 is 0 Å². The smallest absolute Gasteiger partial charge is 0.257 e. The zero-order valence-electron chi connectivity index (χ0n) is 24.1. The lowest BCUT2D eigenvalue weighted by Gasteiger charge is -2.07. The first-order valence-electron chi connectivity index (χ1n) is 12.7. The minimum atomic E-state index is -0.825. The summed E-state index contributed by atoms with van der Waals surface area (Å²) < 4.78 is 4.85. The molecule has 5 rings (SSSR count). The lowest BCUT2D eigenvalue weighted by molar-refractivity contribution is -0.104. The van der Waals surface area contributed by atoms with Gasteiger partial charge >= 0.3 is 0 Å². The van der Waals surface area contributed by atoms with E-state index in [0.29, 0.717) is 11.4 Å². The van der Waals surface area contributed by atoms with Crippen molar-refractivity contribution in [2.45, 2.75) is 13.8 Å². The van der Waals surface area contributed by atoms with E-state index in [1.54, 1.807) is 20.9 Å². The SMILES string of the molecule is Cc1nn(-c2cc(O)nc(-n3nc(C)c(/N=N/c4c(C(=O)C=O)cnn4C)c3N)n2)c(N)c1/N=N/c1c(C(=O)CO)cnn1C. The summed E-state index contributed by atoms with van der Waals surface area (Å²) in [6, 6.07) is 1.19. The van der Waals surface area contributed by atoms with Crippen molar-refractivity contribution in [2.24, 2.45) is 34.6 Å². The Morgan fingerprint density at radius 3 is 1.98 bits per heavy atom. The number of aryl methyl sites for hydroxylation is 4. The molecule has 0 spiro atoms. The van der Waals surface area contributed by atoms with Crippen LogP contribution in [-0.4, -0.2) is 83.8 Å². The molecule has 0 aromatic carbocycles. The van der Waals surface area contributed by atoms with Crippen molar-refractivity contribution >= 4 is 52.5 Å². The molecule has 0 saturated heterocycles.